The number of rotatable bonds is 3. The van der Waals surface area contributed by atoms with E-state index in [9.17, 15) is 4.79 Å². The molecule has 1 aliphatic rings. The zero-order valence-corrected chi connectivity index (χ0v) is 14.2. The van der Waals surface area contributed by atoms with Crippen molar-refractivity contribution in [2.75, 3.05) is 12.4 Å². The average Bonchev–Trinajstić information content (AvgIpc) is 2.84. The fraction of sp³-hybridized carbons (Fsp3) is 0.688. The Bertz CT molecular complexity index is 497. The number of nitrogens with one attached hydrogen (secondary N) is 1. The number of thiophene rings is 1. The predicted octanol–water partition coefficient (Wildman–Crippen LogP) is 3.51. The smallest absolute Gasteiger partial charge is 0.350 e. The minimum absolute atomic E-state index is 0.0300. The molecule has 1 aliphatic carbocycles. The Morgan fingerprint density at radius 1 is 1.33 bits per heavy atom. The normalized spacial score (nSPS) is 22.9. The summed E-state index contributed by atoms with van der Waals surface area (Å²) < 4.78 is 4.92. The highest BCUT2D eigenvalue weighted by atomic mass is 32.1. The van der Waals surface area contributed by atoms with Crippen molar-refractivity contribution < 1.29 is 9.53 Å². The molecule has 0 radical (unpaired) electrons. The van der Waals surface area contributed by atoms with Gasteiger partial charge in [0.25, 0.3) is 0 Å². The van der Waals surface area contributed by atoms with Crippen molar-refractivity contribution in [3.8, 4) is 0 Å². The van der Waals surface area contributed by atoms with Crippen LogP contribution in [0.5, 0.6) is 0 Å². The monoisotopic (exact) mass is 310 g/mol. The zero-order chi connectivity index (χ0) is 15.6. The number of methoxy groups -OCH3 is 1. The standard InChI is InChI=1S/C16H26N2O2S/c1-16(2,3)13-9-12(14(21-13)15(19)20-4)18-11-7-5-10(17)6-8-11/h9-11,18H,5-8,17H2,1-4H3. The lowest BCUT2D eigenvalue weighted by atomic mass is 9.91. The maximum atomic E-state index is 12.0. The molecule has 0 bridgehead atoms. The van der Waals surface area contributed by atoms with E-state index in [1.165, 1.54) is 23.3 Å². The Morgan fingerprint density at radius 3 is 2.48 bits per heavy atom. The van der Waals surface area contributed by atoms with Crippen LogP contribution in [-0.4, -0.2) is 25.2 Å². The molecule has 4 nitrogen and oxygen atoms in total. The summed E-state index contributed by atoms with van der Waals surface area (Å²) in [5.41, 5.74) is 6.90. The van der Waals surface area contributed by atoms with Gasteiger partial charge >= 0.3 is 5.97 Å². The molecule has 1 heterocycles. The molecule has 2 rings (SSSR count). The highest BCUT2D eigenvalue weighted by molar-refractivity contribution is 7.14. The molecular weight excluding hydrogens is 284 g/mol. The molecule has 0 amide bonds. The third-order valence-electron chi connectivity index (χ3n) is 3.97. The molecular formula is C16H26N2O2S. The van der Waals surface area contributed by atoms with Crippen LogP contribution in [-0.2, 0) is 10.2 Å². The molecule has 1 aromatic heterocycles. The second-order valence-corrected chi connectivity index (χ2v) is 7.90. The van der Waals surface area contributed by atoms with Crippen LogP contribution in [0.2, 0.25) is 0 Å². The number of carbonyl (C=O) groups excluding carboxylic acids is 1. The Labute approximate surface area is 131 Å². The van der Waals surface area contributed by atoms with Crippen LogP contribution in [0.3, 0.4) is 0 Å². The van der Waals surface area contributed by atoms with Gasteiger partial charge in [0, 0.05) is 17.0 Å². The molecule has 21 heavy (non-hydrogen) atoms. The molecule has 0 unspecified atom stereocenters. The Hall–Kier alpha value is -1.07. The SMILES string of the molecule is COC(=O)c1sc(C(C)(C)C)cc1NC1CCC(N)CC1. The first-order valence-corrected chi connectivity index (χ1v) is 8.37. The van der Waals surface area contributed by atoms with Gasteiger partial charge in [0.05, 0.1) is 12.8 Å². The first kappa shape index (κ1) is 16.3. The largest absolute Gasteiger partial charge is 0.465 e. The molecule has 1 aromatic rings. The zero-order valence-electron chi connectivity index (χ0n) is 13.4. The van der Waals surface area contributed by atoms with Crippen molar-refractivity contribution in [1.29, 1.82) is 0 Å². The second-order valence-electron chi connectivity index (χ2n) is 6.85. The van der Waals surface area contributed by atoms with Gasteiger partial charge in [0.1, 0.15) is 4.88 Å². The van der Waals surface area contributed by atoms with E-state index in [-0.39, 0.29) is 11.4 Å². The number of carbonyl (C=O) groups is 1. The van der Waals surface area contributed by atoms with Crippen molar-refractivity contribution in [3.05, 3.63) is 15.8 Å². The molecule has 0 saturated heterocycles. The second kappa shape index (κ2) is 6.36. The predicted molar refractivity (Wildman–Crippen MR) is 88.2 cm³/mol. The van der Waals surface area contributed by atoms with Crippen LogP contribution in [0, 0.1) is 0 Å². The molecule has 0 aliphatic heterocycles. The molecule has 118 valence electrons. The van der Waals surface area contributed by atoms with E-state index in [0.717, 1.165) is 31.4 Å². The number of anilines is 1. The first-order valence-electron chi connectivity index (χ1n) is 7.56. The van der Waals surface area contributed by atoms with Crippen LogP contribution in [0.4, 0.5) is 5.69 Å². The number of ether oxygens (including phenoxy) is 1. The summed E-state index contributed by atoms with van der Waals surface area (Å²) in [4.78, 5) is 13.9. The minimum atomic E-state index is -0.259. The van der Waals surface area contributed by atoms with Crippen molar-refractivity contribution in [2.45, 2.75) is 64.0 Å². The molecule has 1 fully saturated rings. The lowest BCUT2D eigenvalue weighted by Crippen LogP contribution is -2.33. The van der Waals surface area contributed by atoms with Gasteiger partial charge in [-0.1, -0.05) is 20.8 Å². The van der Waals surface area contributed by atoms with E-state index in [1.807, 2.05) is 0 Å². The Balaban J connectivity index is 2.20. The van der Waals surface area contributed by atoms with Crippen molar-refractivity contribution in [2.24, 2.45) is 5.73 Å². The van der Waals surface area contributed by atoms with Crippen molar-refractivity contribution in [3.63, 3.8) is 0 Å². The van der Waals surface area contributed by atoms with E-state index >= 15 is 0 Å². The van der Waals surface area contributed by atoms with E-state index in [4.69, 9.17) is 10.5 Å². The third kappa shape index (κ3) is 3.98. The topological polar surface area (TPSA) is 64.3 Å². The summed E-state index contributed by atoms with van der Waals surface area (Å²) in [6.07, 6.45) is 4.20. The highest BCUT2D eigenvalue weighted by Crippen LogP contribution is 2.37. The quantitative estimate of drug-likeness (QED) is 0.839. The third-order valence-corrected chi connectivity index (χ3v) is 5.51. The summed E-state index contributed by atoms with van der Waals surface area (Å²) in [5, 5.41) is 3.53. The maximum Gasteiger partial charge on any atom is 0.350 e. The number of esters is 1. The van der Waals surface area contributed by atoms with E-state index < -0.39 is 0 Å². The molecule has 0 spiro atoms. The minimum Gasteiger partial charge on any atom is -0.465 e. The maximum absolute atomic E-state index is 12.0. The summed E-state index contributed by atoms with van der Waals surface area (Å²) in [6.45, 7) is 6.47. The summed E-state index contributed by atoms with van der Waals surface area (Å²) in [6, 6.07) is 2.83. The highest BCUT2D eigenvalue weighted by Gasteiger charge is 2.26. The number of nitrogens with two attached hydrogens (primary N) is 1. The average molecular weight is 310 g/mol. The van der Waals surface area contributed by atoms with Gasteiger partial charge in [-0.05, 0) is 37.2 Å². The van der Waals surface area contributed by atoms with Crippen molar-refractivity contribution in [1.82, 2.24) is 0 Å². The summed E-state index contributed by atoms with van der Waals surface area (Å²) in [7, 11) is 1.43. The summed E-state index contributed by atoms with van der Waals surface area (Å²) >= 11 is 1.53. The van der Waals surface area contributed by atoms with Gasteiger partial charge in [-0.25, -0.2) is 4.79 Å². The van der Waals surface area contributed by atoms with Gasteiger partial charge in [0.2, 0.25) is 0 Å². The van der Waals surface area contributed by atoms with E-state index in [0.29, 0.717) is 17.0 Å². The molecule has 5 heteroatoms. The molecule has 1 saturated carbocycles. The van der Waals surface area contributed by atoms with Crippen LogP contribution in [0.15, 0.2) is 6.07 Å². The summed E-state index contributed by atoms with van der Waals surface area (Å²) in [5.74, 6) is -0.259. The van der Waals surface area contributed by atoms with Gasteiger partial charge in [-0.2, -0.15) is 0 Å². The van der Waals surface area contributed by atoms with Crippen LogP contribution in [0.1, 0.15) is 61.0 Å². The van der Waals surface area contributed by atoms with Crippen LogP contribution < -0.4 is 11.1 Å². The van der Waals surface area contributed by atoms with Gasteiger partial charge < -0.3 is 15.8 Å². The first-order chi connectivity index (χ1) is 9.81. The van der Waals surface area contributed by atoms with Crippen LogP contribution >= 0.6 is 11.3 Å². The Morgan fingerprint density at radius 2 is 1.95 bits per heavy atom. The van der Waals surface area contributed by atoms with Gasteiger partial charge in [-0.15, -0.1) is 11.3 Å². The molecule has 3 N–H and O–H groups in total. The lowest BCUT2D eigenvalue weighted by Gasteiger charge is -2.27. The van der Waals surface area contributed by atoms with E-state index in [2.05, 4.69) is 32.2 Å². The number of hydrogen-bond donors (Lipinski definition) is 2. The fourth-order valence-corrected chi connectivity index (χ4v) is 3.69. The lowest BCUT2D eigenvalue weighted by molar-refractivity contribution is 0.0607. The van der Waals surface area contributed by atoms with Crippen LogP contribution in [0.25, 0.3) is 0 Å². The Kier molecular flexibility index (Phi) is 4.94. The molecule has 0 atom stereocenters. The van der Waals surface area contributed by atoms with Gasteiger partial charge in [0.15, 0.2) is 0 Å². The fourth-order valence-electron chi connectivity index (χ4n) is 2.60. The van der Waals surface area contributed by atoms with Gasteiger partial charge in [-0.3, -0.25) is 0 Å². The van der Waals surface area contributed by atoms with E-state index in [1.54, 1.807) is 0 Å². The van der Waals surface area contributed by atoms with Crippen molar-refractivity contribution >= 4 is 23.0 Å². The number of hydrogen-bond acceptors (Lipinski definition) is 5. The molecule has 0 aromatic carbocycles.